The van der Waals surface area contributed by atoms with E-state index in [1.807, 2.05) is 30.3 Å². The molecular weight excluding hydrogens is 308 g/mol. The summed E-state index contributed by atoms with van der Waals surface area (Å²) in [6.07, 6.45) is 1.80. The van der Waals surface area contributed by atoms with Gasteiger partial charge in [0.25, 0.3) is 0 Å². The smallest absolute Gasteiger partial charge is 0.231 e. The second-order valence-electron chi connectivity index (χ2n) is 4.22. The van der Waals surface area contributed by atoms with Crippen LogP contribution in [0.3, 0.4) is 0 Å². The van der Waals surface area contributed by atoms with Crippen molar-refractivity contribution in [2.75, 3.05) is 6.79 Å². The quantitative estimate of drug-likeness (QED) is 0.940. The molecule has 0 saturated carbocycles. The maximum Gasteiger partial charge on any atom is 0.231 e. The van der Waals surface area contributed by atoms with Gasteiger partial charge in [0.05, 0.1) is 5.69 Å². The van der Waals surface area contributed by atoms with Crippen LogP contribution >= 0.6 is 15.9 Å². The minimum atomic E-state index is 0.306. The van der Waals surface area contributed by atoms with Gasteiger partial charge >= 0.3 is 0 Å². The van der Waals surface area contributed by atoms with E-state index in [1.165, 1.54) is 0 Å². The SMILES string of the molecule is Brc1ccc(CNCc2cccc3c2OCO3)nc1. The zero-order valence-electron chi connectivity index (χ0n) is 10.2. The second kappa shape index (κ2) is 5.59. The standard InChI is InChI=1S/C14H13BrN2O2/c15-11-4-5-12(17-7-11)8-16-6-10-2-1-3-13-14(10)19-9-18-13/h1-5,7,16H,6,8-9H2. The van der Waals surface area contributed by atoms with Crippen LogP contribution in [0.5, 0.6) is 11.5 Å². The summed E-state index contributed by atoms with van der Waals surface area (Å²) in [5.41, 5.74) is 2.11. The van der Waals surface area contributed by atoms with Crippen molar-refractivity contribution in [1.82, 2.24) is 10.3 Å². The fourth-order valence-corrected chi connectivity index (χ4v) is 2.20. The fourth-order valence-electron chi connectivity index (χ4n) is 1.97. The van der Waals surface area contributed by atoms with Gasteiger partial charge in [0, 0.05) is 29.3 Å². The van der Waals surface area contributed by atoms with Crippen molar-refractivity contribution in [1.29, 1.82) is 0 Å². The third-order valence-electron chi connectivity index (χ3n) is 2.89. The molecule has 2 aromatic rings. The number of nitrogens with one attached hydrogen (secondary N) is 1. The van der Waals surface area contributed by atoms with Gasteiger partial charge in [0.1, 0.15) is 0 Å². The van der Waals surface area contributed by atoms with Crippen LogP contribution in [0.25, 0.3) is 0 Å². The highest BCUT2D eigenvalue weighted by molar-refractivity contribution is 9.10. The fraction of sp³-hybridized carbons (Fsp3) is 0.214. The minimum absolute atomic E-state index is 0.306. The molecule has 0 atom stereocenters. The van der Waals surface area contributed by atoms with E-state index in [0.29, 0.717) is 6.79 Å². The van der Waals surface area contributed by atoms with Crippen LogP contribution in [-0.2, 0) is 13.1 Å². The Morgan fingerprint density at radius 3 is 2.95 bits per heavy atom. The van der Waals surface area contributed by atoms with E-state index in [1.54, 1.807) is 6.20 Å². The Balaban J connectivity index is 1.61. The van der Waals surface area contributed by atoms with Crippen molar-refractivity contribution in [2.24, 2.45) is 0 Å². The van der Waals surface area contributed by atoms with Gasteiger partial charge in [-0.15, -0.1) is 0 Å². The van der Waals surface area contributed by atoms with Crippen LogP contribution in [0.1, 0.15) is 11.3 Å². The Kier molecular flexibility index (Phi) is 3.66. The lowest BCUT2D eigenvalue weighted by Crippen LogP contribution is -2.14. The van der Waals surface area contributed by atoms with Gasteiger partial charge in [0.15, 0.2) is 11.5 Å². The molecule has 3 rings (SSSR count). The number of pyridine rings is 1. The van der Waals surface area contributed by atoms with Gasteiger partial charge in [0.2, 0.25) is 6.79 Å². The van der Waals surface area contributed by atoms with Crippen molar-refractivity contribution in [3.05, 3.63) is 52.3 Å². The molecule has 98 valence electrons. The second-order valence-corrected chi connectivity index (χ2v) is 5.14. The molecular formula is C14H13BrN2O2. The number of hydrogen-bond donors (Lipinski definition) is 1. The lowest BCUT2D eigenvalue weighted by Gasteiger charge is -2.07. The summed E-state index contributed by atoms with van der Waals surface area (Å²) in [6, 6.07) is 9.91. The predicted molar refractivity (Wildman–Crippen MR) is 75.0 cm³/mol. The molecule has 0 radical (unpaired) electrons. The monoisotopic (exact) mass is 320 g/mol. The Hall–Kier alpha value is -1.59. The van der Waals surface area contributed by atoms with E-state index in [0.717, 1.165) is 40.3 Å². The molecule has 0 fully saturated rings. The molecule has 4 nitrogen and oxygen atoms in total. The van der Waals surface area contributed by atoms with Crippen molar-refractivity contribution < 1.29 is 9.47 Å². The molecule has 2 heterocycles. The third kappa shape index (κ3) is 2.88. The summed E-state index contributed by atoms with van der Waals surface area (Å²) in [4.78, 5) is 4.32. The molecule has 0 bridgehead atoms. The van der Waals surface area contributed by atoms with Crippen LogP contribution in [0.2, 0.25) is 0 Å². The Morgan fingerprint density at radius 2 is 2.11 bits per heavy atom. The number of aromatic nitrogens is 1. The van der Waals surface area contributed by atoms with Gasteiger partial charge in [-0.1, -0.05) is 12.1 Å². The van der Waals surface area contributed by atoms with Gasteiger partial charge in [-0.3, -0.25) is 4.98 Å². The highest BCUT2D eigenvalue weighted by Crippen LogP contribution is 2.35. The van der Waals surface area contributed by atoms with Crippen LogP contribution in [-0.4, -0.2) is 11.8 Å². The molecule has 0 spiro atoms. The first-order valence-electron chi connectivity index (χ1n) is 6.01. The Bertz CT molecular complexity index is 572. The Morgan fingerprint density at radius 1 is 1.16 bits per heavy atom. The zero-order chi connectivity index (χ0) is 13.1. The number of benzene rings is 1. The minimum Gasteiger partial charge on any atom is -0.454 e. The highest BCUT2D eigenvalue weighted by atomic mass is 79.9. The normalized spacial score (nSPS) is 12.7. The average molecular weight is 321 g/mol. The number of hydrogen-bond acceptors (Lipinski definition) is 4. The summed E-state index contributed by atoms with van der Waals surface area (Å²) in [5, 5.41) is 3.35. The molecule has 1 aromatic carbocycles. The summed E-state index contributed by atoms with van der Waals surface area (Å²) < 4.78 is 11.8. The summed E-state index contributed by atoms with van der Waals surface area (Å²) in [6.45, 7) is 1.75. The molecule has 0 aliphatic carbocycles. The number of fused-ring (bicyclic) bond motifs is 1. The van der Waals surface area contributed by atoms with E-state index in [9.17, 15) is 0 Å². The summed E-state index contributed by atoms with van der Waals surface area (Å²) in [5.74, 6) is 1.67. The molecule has 0 saturated heterocycles. The Labute approximate surface area is 119 Å². The van der Waals surface area contributed by atoms with Crippen molar-refractivity contribution in [2.45, 2.75) is 13.1 Å². The molecule has 19 heavy (non-hydrogen) atoms. The van der Waals surface area contributed by atoms with Crippen molar-refractivity contribution >= 4 is 15.9 Å². The molecule has 5 heteroatoms. The predicted octanol–water partition coefficient (Wildman–Crippen LogP) is 2.86. The first kappa shape index (κ1) is 12.4. The van der Waals surface area contributed by atoms with Crippen LogP contribution in [0, 0.1) is 0 Å². The first-order valence-corrected chi connectivity index (χ1v) is 6.81. The highest BCUT2D eigenvalue weighted by Gasteiger charge is 2.16. The largest absolute Gasteiger partial charge is 0.454 e. The molecule has 1 aliphatic heterocycles. The van der Waals surface area contributed by atoms with Gasteiger partial charge in [-0.05, 0) is 34.1 Å². The van der Waals surface area contributed by atoms with E-state index >= 15 is 0 Å². The van der Waals surface area contributed by atoms with Gasteiger partial charge in [-0.2, -0.15) is 0 Å². The molecule has 1 aromatic heterocycles. The third-order valence-corrected chi connectivity index (χ3v) is 3.36. The molecule has 1 N–H and O–H groups in total. The average Bonchev–Trinajstić information content (AvgIpc) is 2.90. The lowest BCUT2D eigenvalue weighted by atomic mass is 10.2. The van der Waals surface area contributed by atoms with E-state index in [4.69, 9.17) is 9.47 Å². The zero-order valence-corrected chi connectivity index (χ0v) is 11.8. The summed E-state index contributed by atoms with van der Waals surface area (Å²) >= 11 is 3.37. The van der Waals surface area contributed by atoms with Crippen LogP contribution < -0.4 is 14.8 Å². The van der Waals surface area contributed by atoms with Crippen LogP contribution in [0.4, 0.5) is 0 Å². The number of para-hydroxylation sites is 1. The summed E-state index contributed by atoms with van der Waals surface area (Å²) in [7, 11) is 0. The van der Waals surface area contributed by atoms with E-state index in [2.05, 4.69) is 26.2 Å². The van der Waals surface area contributed by atoms with Crippen molar-refractivity contribution in [3.63, 3.8) is 0 Å². The molecule has 0 amide bonds. The van der Waals surface area contributed by atoms with Gasteiger partial charge in [-0.25, -0.2) is 0 Å². The lowest BCUT2D eigenvalue weighted by molar-refractivity contribution is 0.173. The van der Waals surface area contributed by atoms with E-state index < -0.39 is 0 Å². The van der Waals surface area contributed by atoms with Crippen LogP contribution in [0.15, 0.2) is 41.0 Å². The number of ether oxygens (including phenoxy) is 2. The molecule has 0 unspecified atom stereocenters. The van der Waals surface area contributed by atoms with Crippen molar-refractivity contribution in [3.8, 4) is 11.5 Å². The maximum atomic E-state index is 5.46. The number of nitrogens with zero attached hydrogens (tertiary/aromatic N) is 1. The number of rotatable bonds is 4. The van der Waals surface area contributed by atoms with Gasteiger partial charge < -0.3 is 14.8 Å². The maximum absolute atomic E-state index is 5.46. The first-order chi connectivity index (χ1) is 9.33. The number of halogens is 1. The topological polar surface area (TPSA) is 43.4 Å². The van der Waals surface area contributed by atoms with E-state index in [-0.39, 0.29) is 0 Å². The molecule has 1 aliphatic rings.